The van der Waals surface area contributed by atoms with Crippen molar-refractivity contribution >= 4 is 17.5 Å². The third kappa shape index (κ3) is 4.60. The molecule has 0 aliphatic heterocycles. The highest BCUT2D eigenvalue weighted by Crippen LogP contribution is 2.22. The maximum absolute atomic E-state index is 12.3. The standard InChI is InChI=1S/C21H22N2OS/c1-15-4-6-18(7-5-15)13-20(24)14-25-21-22-8-9-23(21)19-11-16(2)10-17(3)12-19/h4-12H,13-14H2,1-3H3. The van der Waals surface area contributed by atoms with Gasteiger partial charge < -0.3 is 0 Å². The predicted octanol–water partition coefficient (Wildman–Crippen LogP) is 4.70. The molecule has 1 aromatic heterocycles. The predicted molar refractivity (Wildman–Crippen MR) is 104 cm³/mol. The zero-order valence-corrected chi connectivity index (χ0v) is 15.6. The minimum absolute atomic E-state index is 0.212. The van der Waals surface area contributed by atoms with Gasteiger partial charge in [0.25, 0.3) is 0 Å². The van der Waals surface area contributed by atoms with E-state index in [0.29, 0.717) is 12.2 Å². The van der Waals surface area contributed by atoms with Gasteiger partial charge in [0.1, 0.15) is 5.78 Å². The minimum atomic E-state index is 0.212. The number of ketones is 1. The summed E-state index contributed by atoms with van der Waals surface area (Å²) >= 11 is 1.49. The Hall–Kier alpha value is -2.33. The largest absolute Gasteiger partial charge is 0.298 e. The molecule has 0 N–H and O–H groups in total. The summed E-state index contributed by atoms with van der Waals surface area (Å²) in [4.78, 5) is 16.7. The number of Topliss-reactive ketones (excluding diaryl/α,β-unsaturated/α-hetero) is 1. The van der Waals surface area contributed by atoms with Crippen LogP contribution in [0.25, 0.3) is 5.69 Å². The van der Waals surface area contributed by atoms with E-state index in [4.69, 9.17) is 0 Å². The Morgan fingerprint density at radius 3 is 2.36 bits per heavy atom. The summed E-state index contributed by atoms with van der Waals surface area (Å²) in [5.41, 5.74) is 5.79. The number of rotatable bonds is 6. The van der Waals surface area contributed by atoms with Gasteiger partial charge in [-0.05, 0) is 49.6 Å². The van der Waals surface area contributed by atoms with E-state index in [0.717, 1.165) is 16.4 Å². The van der Waals surface area contributed by atoms with Crippen molar-refractivity contribution in [1.82, 2.24) is 9.55 Å². The van der Waals surface area contributed by atoms with Crippen molar-refractivity contribution in [3.05, 3.63) is 77.1 Å². The van der Waals surface area contributed by atoms with Gasteiger partial charge in [0.15, 0.2) is 5.16 Å². The molecule has 3 nitrogen and oxygen atoms in total. The van der Waals surface area contributed by atoms with Crippen molar-refractivity contribution in [2.75, 3.05) is 5.75 Å². The van der Waals surface area contributed by atoms with Gasteiger partial charge in [-0.15, -0.1) is 0 Å². The first kappa shape index (κ1) is 17.5. The molecule has 0 aliphatic carbocycles. The van der Waals surface area contributed by atoms with Crippen molar-refractivity contribution in [3.8, 4) is 5.69 Å². The molecule has 3 rings (SSSR count). The lowest BCUT2D eigenvalue weighted by Crippen LogP contribution is -2.07. The van der Waals surface area contributed by atoms with Gasteiger partial charge in [0.2, 0.25) is 0 Å². The third-order valence-corrected chi connectivity index (χ3v) is 5.00. The Balaban J connectivity index is 1.67. The van der Waals surface area contributed by atoms with E-state index in [-0.39, 0.29) is 5.78 Å². The molecule has 3 aromatic rings. The first-order valence-corrected chi connectivity index (χ1v) is 9.32. The third-order valence-electron chi connectivity index (χ3n) is 3.98. The molecule has 4 heteroatoms. The number of aromatic nitrogens is 2. The Morgan fingerprint density at radius 1 is 1.00 bits per heavy atom. The molecule has 0 unspecified atom stereocenters. The number of imidazole rings is 1. The van der Waals surface area contributed by atoms with E-state index in [2.05, 4.69) is 37.0 Å². The maximum Gasteiger partial charge on any atom is 0.173 e. The van der Waals surface area contributed by atoms with Crippen LogP contribution in [0.15, 0.2) is 60.0 Å². The molecule has 128 valence electrons. The monoisotopic (exact) mass is 350 g/mol. The van der Waals surface area contributed by atoms with Gasteiger partial charge in [-0.3, -0.25) is 9.36 Å². The average molecular weight is 350 g/mol. The molecule has 0 saturated heterocycles. The van der Waals surface area contributed by atoms with E-state index >= 15 is 0 Å². The number of carbonyl (C=O) groups is 1. The molecule has 0 atom stereocenters. The summed E-state index contributed by atoms with van der Waals surface area (Å²) < 4.78 is 2.05. The van der Waals surface area contributed by atoms with E-state index < -0.39 is 0 Å². The van der Waals surface area contributed by atoms with Gasteiger partial charge in [-0.1, -0.05) is 47.7 Å². The average Bonchev–Trinajstić information content (AvgIpc) is 3.03. The van der Waals surface area contributed by atoms with Crippen LogP contribution in [-0.2, 0) is 11.2 Å². The summed E-state index contributed by atoms with van der Waals surface area (Å²) in [6.07, 6.45) is 4.20. The van der Waals surface area contributed by atoms with Crippen LogP contribution in [-0.4, -0.2) is 21.1 Å². The molecule has 0 saturated carbocycles. The van der Waals surface area contributed by atoms with Crippen LogP contribution in [0.1, 0.15) is 22.3 Å². The molecule has 1 heterocycles. The maximum atomic E-state index is 12.3. The van der Waals surface area contributed by atoms with Crippen LogP contribution in [0.2, 0.25) is 0 Å². The molecule has 25 heavy (non-hydrogen) atoms. The van der Waals surface area contributed by atoms with Crippen LogP contribution < -0.4 is 0 Å². The van der Waals surface area contributed by atoms with Crippen LogP contribution >= 0.6 is 11.8 Å². The molecule has 0 aliphatic rings. The molecule has 0 radical (unpaired) electrons. The van der Waals surface area contributed by atoms with Gasteiger partial charge in [-0.25, -0.2) is 4.98 Å². The van der Waals surface area contributed by atoms with Crippen LogP contribution in [0.5, 0.6) is 0 Å². The molecular formula is C21H22N2OS. The number of hydrogen-bond acceptors (Lipinski definition) is 3. The normalized spacial score (nSPS) is 10.8. The summed E-state index contributed by atoms with van der Waals surface area (Å²) in [7, 11) is 0. The summed E-state index contributed by atoms with van der Waals surface area (Å²) in [5.74, 6) is 0.638. The van der Waals surface area contributed by atoms with Gasteiger partial charge >= 0.3 is 0 Å². The fourth-order valence-corrected chi connectivity index (χ4v) is 3.65. The second-order valence-electron chi connectivity index (χ2n) is 6.42. The highest BCUT2D eigenvalue weighted by atomic mass is 32.2. The molecule has 2 aromatic carbocycles. The summed E-state index contributed by atoms with van der Waals surface area (Å²) in [5, 5.41) is 0.849. The van der Waals surface area contributed by atoms with Crippen LogP contribution in [0.4, 0.5) is 0 Å². The second kappa shape index (κ2) is 7.70. The van der Waals surface area contributed by atoms with Crippen molar-refractivity contribution in [3.63, 3.8) is 0 Å². The van der Waals surface area contributed by atoms with Gasteiger partial charge in [0, 0.05) is 24.5 Å². The summed E-state index contributed by atoms with van der Waals surface area (Å²) in [6.45, 7) is 6.23. The molecule has 0 bridgehead atoms. The Morgan fingerprint density at radius 2 is 1.68 bits per heavy atom. The zero-order chi connectivity index (χ0) is 17.8. The van der Waals surface area contributed by atoms with E-state index in [1.54, 1.807) is 6.20 Å². The first-order valence-electron chi connectivity index (χ1n) is 8.33. The highest BCUT2D eigenvalue weighted by molar-refractivity contribution is 7.99. The van der Waals surface area contributed by atoms with Gasteiger partial charge in [0.05, 0.1) is 5.75 Å². The number of thioether (sulfide) groups is 1. The van der Waals surface area contributed by atoms with Crippen molar-refractivity contribution in [2.45, 2.75) is 32.3 Å². The lowest BCUT2D eigenvalue weighted by atomic mass is 10.1. The van der Waals surface area contributed by atoms with Crippen LogP contribution in [0, 0.1) is 20.8 Å². The minimum Gasteiger partial charge on any atom is -0.298 e. The van der Waals surface area contributed by atoms with E-state index in [1.807, 2.05) is 42.0 Å². The van der Waals surface area contributed by atoms with Crippen LogP contribution in [0.3, 0.4) is 0 Å². The fraction of sp³-hybridized carbons (Fsp3) is 0.238. The Labute approximate surface area is 153 Å². The molecular weight excluding hydrogens is 328 g/mol. The number of aryl methyl sites for hydroxylation is 3. The Kier molecular flexibility index (Phi) is 5.39. The highest BCUT2D eigenvalue weighted by Gasteiger charge is 2.10. The number of benzene rings is 2. The smallest absolute Gasteiger partial charge is 0.173 e. The number of carbonyl (C=O) groups excluding carboxylic acids is 1. The molecule has 0 fully saturated rings. The lowest BCUT2D eigenvalue weighted by Gasteiger charge is -2.09. The fourth-order valence-electron chi connectivity index (χ4n) is 2.81. The number of nitrogens with zero attached hydrogens (tertiary/aromatic N) is 2. The molecule has 0 spiro atoms. The second-order valence-corrected chi connectivity index (χ2v) is 7.36. The van der Waals surface area contributed by atoms with Crippen molar-refractivity contribution < 1.29 is 4.79 Å². The lowest BCUT2D eigenvalue weighted by molar-refractivity contribution is -0.116. The topological polar surface area (TPSA) is 34.9 Å². The zero-order valence-electron chi connectivity index (χ0n) is 14.8. The van der Waals surface area contributed by atoms with Crippen molar-refractivity contribution in [1.29, 1.82) is 0 Å². The van der Waals surface area contributed by atoms with E-state index in [9.17, 15) is 4.79 Å². The summed E-state index contributed by atoms with van der Waals surface area (Å²) in [6, 6.07) is 14.5. The van der Waals surface area contributed by atoms with E-state index in [1.165, 1.54) is 28.5 Å². The van der Waals surface area contributed by atoms with Gasteiger partial charge in [-0.2, -0.15) is 0 Å². The quantitative estimate of drug-likeness (QED) is 0.604. The SMILES string of the molecule is Cc1ccc(CC(=O)CSc2nccn2-c2cc(C)cc(C)c2)cc1. The Bertz CT molecular complexity index is 861. The van der Waals surface area contributed by atoms with Crippen molar-refractivity contribution in [2.24, 2.45) is 0 Å². The first-order chi connectivity index (χ1) is 12.0. The number of hydrogen-bond donors (Lipinski definition) is 0. The molecule has 0 amide bonds.